The maximum atomic E-state index is 12.9. The molecule has 1 heterocycles. The molecule has 1 aliphatic heterocycles. The van der Waals surface area contributed by atoms with Gasteiger partial charge in [-0.2, -0.15) is 0 Å². The fourth-order valence-corrected chi connectivity index (χ4v) is 3.60. The van der Waals surface area contributed by atoms with Gasteiger partial charge in [0.2, 0.25) is 5.75 Å². The van der Waals surface area contributed by atoms with Gasteiger partial charge in [-0.05, 0) is 43.2 Å². The van der Waals surface area contributed by atoms with Crippen LogP contribution in [0.3, 0.4) is 0 Å². The molecule has 3 rings (SSSR count). The summed E-state index contributed by atoms with van der Waals surface area (Å²) in [6, 6.07) is 1.15. The monoisotopic (exact) mass is 446 g/mol. The number of ketones is 1. The number of carboxylic acids is 1. The van der Waals surface area contributed by atoms with Crippen molar-refractivity contribution >= 4 is 17.7 Å². The lowest BCUT2D eigenvalue weighted by molar-refractivity contribution is -0.146. The zero-order chi connectivity index (χ0) is 23.8. The molecule has 0 fully saturated rings. The highest BCUT2D eigenvalue weighted by Gasteiger charge is 2.49. The van der Waals surface area contributed by atoms with Crippen molar-refractivity contribution in [1.82, 2.24) is 0 Å². The average molecular weight is 446 g/mol. The van der Waals surface area contributed by atoms with Gasteiger partial charge in [0.15, 0.2) is 22.9 Å². The number of phenols is 2. The second kappa shape index (κ2) is 8.39. The molecule has 1 aromatic rings. The van der Waals surface area contributed by atoms with Crippen molar-refractivity contribution in [3.05, 3.63) is 52.3 Å². The molecule has 2 unspecified atom stereocenters. The van der Waals surface area contributed by atoms with E-state index in [9.17, 15) is 29.7 Å². The minimum Gasteiger partial charge on any atom is -0.504 e. The quantitative estimate of drug-likeness (QED) is 0.297. The number of benzene rings is 1. The predicted molar refractivity (Wildman–Crippen MR) is 108 cm³/mol. The van der Waals surface area contributed by atoms with E-state index < -0.39 is 40.9 Å². The van der Waals surface area contributed by atoms with Crippen LogP contribution in [0.25, 0.3) is 0 Å². The zero-order valence-electron chi connectivity index (χ0n) is 17.5. The molecule has 1 aliphatic carbocycles. The molecule has 1 aromatic carbocycles. The van der Waals surface area contributed by atoms with Gasteiger partial charge in [0.25, 0.3) is 0 Å². The van der Waals surface area contributed by atoms with Crippen LogP contribution in [0, 0.1) is 6.92 Å². The van der Waals surface area contributed by atoms with Crippen molar-refractivity contribution in [2.24, 2.45) is 0 Å². The number of ether oxygens (including phenoxy) is 3. The van der Waals surface area contributed by atoms with E-state index in [1.165, 1.54) is 33.1 Å². The van der Waals surface area contributed by atoms with Crippen LogP contribution in [0.2, 0.25) is 0 Å². The number of esters is 1. The first-order valence-electron chi connectivity index (χ1n) is 9.52. The SMILES string of the molecule is COc1c(O)c(O)cc(C)c1C(=O)OC1CC2=C(COC(/C=C/C(=O)O)=C2)C(=O)C1(C)O. The van der Waals surface area contributed by atoms with Crippen LogP contribution in [0.15, 0.2) is 41.2 Å². The maximum Gasteiger partial charge on any atom is 0.342 e. The van der Waals surface area contributed by atoms with E-state index >= 15 is 0 Å². The first kappa shape index (κ1) is 22.9. The van der Waals surface area contributed by atoms with Crippen LogP contribution in [0.5, 0.6) is 17.2 Å². The normalized spacial score (nSPS) is 22.8. The topological polar surface area (TPSA) is 160 Å². The van der Waals surface area contributed by atoms with Crippen molar-refractivity contribution in [2.45, 2.75) is 32.0 Å². The minimum atomic E-state index is -2.06. The number of rotatable bonds is 5. The molecule has 4 N–H and O–H groups in total. The smallest absolute Gasteiger partial charge is 0.342 e. The highest BCUT2D eigenvalue weighted by Crippen LogP contribution is 2.42. The van der Waals surface area contributed by atoms with E-state index in [1.54, 1.807) is 0 Å². The van der Waals surface area contributed by atoms with Crippen LogP contribution >= 0.6 is 0 Å². The first-order valence-corrected chi connectivity index (χ1v) is 9.52. The molecule has 10 nitrogen and oxygen atoms in total. The third-order valence-electron chi connectivity index (χ3n) is 5.33. The summed E-state index contributed by atoms with van der Waals surface area (Å²) in [5, 5.41) is 39.4. The first-order chi connectivity index (χ1) is 15.0. The van der Waals surface area contributed by atoms with Crippen molar-refractivity contribution in [3.63, 3.8) is 0 Å². The lowest BCUT2D eigenvalue weighted by Crippen LogP contribution is -2.53. The average Bonchev–Trinajstić information content (AvgIpc) is 2.72. The Morgan fingerprint density at radius 3 is 2.62 bits per heavy atom. The van der Waals surface area contributed by atoms with Gasteiger partial charge in [-0.1, -0.05) is 0 Å². The molecule has 170 valence electrons. The lowest BCUT2D eigenvalue weighted by Gasteiger charge is -2.38. The third-order valence-corrected chi connectivity index (χ3v) is 5.33. The van der Waals surface area contributed by atoms with E-state index in [4.69, 9.17) is 19.3 Å². The van der Waals surface area contributed by atoms with Gasteiger partial charge in [-0.15, -0.1) is 0 Å². The fourth-order valence-electron chi connectivity index (χ4n) is 3.60. The molecule has 0 radical (unpaired) electrons. The number of methoxy groups -OCH3 is 1. The molecule has 0 saturated heterocycles. The summed E-state index contributed by atoms with van der Waals surface area (Å²) in [5.74, 6) is -4.08. The van der Waals surface area contributed by atoms with Gasteiger partial charge in [0.05, 0.1) is 7.11 Å². The standard InChI is InChI=1S/C22H22O10/c1-10-6-14(23)18(26)19(30-3)17(10)21(28)32-15-8-11-7-12(4-5-16(24)25)31-9-13(11)20(27)22(15,2)29/h4-7,15,23,26,29H,8-9H2,1-3H3,(H,24,25)/b5-4+. The van der Waals surface area contributed by atoms with Crippen LogP contribution in [-0.4, -0.2) is 63.6 Å². The van der Waals surface area contributed by atoms with Gasteiger partial charge >= 0.3 is 11.9 Å². The Labute approximate surface area is 182 Å². The molecular formula is C22H22O10. The third kappa shape index (κ3) is 4.04. The molecule has 0 bridgehead atoms. The van der Waals surface area contributed by atoms with Gasteiger partial charge in [0, 0.05) is 18.1 Å². The second-order valence-electron chi connectivity index (χ2n) is 7.55. The maximum absolute atomic E-state index is 12.9. The number of carboxylic acid groups (broad SMARTS) is 1. The number of allylic oxidation sites excluding steroid dienone is 2. The Kier molecular flexibility index (Phi) is 6.00. The number of aromatic hydroxyl groups is 2. The Hall–Kier alpha value is -3.79. The molecule has 32 heavy (non-hydrogen) atoms. The number of carbonyl (C=O) groups excluding carboxylic acids is 2. The largest absolute Gasteiger partial charge is 0.504 e. The number of hydrogen-bond acceptors (Lipinski definition) is 9. The van der Waals surface area contributed by atoms with Crippen molar-refractivity contribution in [3.8, 4) is 17.2 Å². The van der Waals surface area contributed by atoms with Gasteiger partial charge in [0.1, 0.15) is 24.0 Å². The molecular weight excluding hydrogens is 424 g/mol. The van der Waals surface area contributed by atoms with Crippen LogP contribution < -0.4 is 4.74 Å². The van der Waals surface area contributed by atoms with Crippen LogP contribution in [0.1, 0.15) is 29.3 Å². The van der Waals surface area contributed by atoms with E-state index in [0.29, 0.717) is 5.57 Å². The Bertz CT molecular complexity index is 1090. The lowest BCUT2D eigenvalue weighted by atomic mass is 9.77. The molecule has 0 aromatic heterocycles. The van der Waals surface area contributed by atoms with E-state index in [2.05, 4.69) is 0 Å². The molecule has 0 amide bonds. The summed E-state index contributed by atoms with van der Waals surface area (Å²) in [6.45, 7) is 2.55. The number of aliphatic hydroxyl groups is 1. The molecule has 10 heteroatoms. The van der Waals surface area contributed by atoms with Crippen molar-refractivity contribution in [1.29, 1.82) is 0 Å². The summed E-state index contributed by atoms with van der Waals surface area (Å²) in [6.07, 6.45) is 2.21. The highest BCUT2D eigenvalue weighted by molar-refractivity contribution is 6.05. The van der Waals surface area contributed by atoms with Crippen LogP contribution in [0.4, 0.5) is 0 Å². The van der Waals surface area contributed by atoms with E-state index in [0.717, 1.165) is 12.1 Å². The molecule has 2 atom stereocenters. The van der Waals surface area contributed by atoms with Gasteiger partial charge in [-0.3, -0.25) is 4.79 Å². The summed E-state index contributed by atoms with van der Waals surface area (Å²) < 4.78 is 15.9. The number of phenolic OH excluding ortho intramolecular Hbond substituents is 2. The summed E-state index contributed by atoms with van der Waals surface area (Å²) in [4.78, 5) is 36.5. The Balaban J connectivity index is 1.94. The molecule has 2 aliphatic rings. The number of aryl methyl sites for hydroxylation is 1. The second-order valence-corrected chi connectivity index (χ2v) is 7.55. The summed E-state index contributed by atoms with van der Waals surface area (Å²) in [7, 11) is 1.20. The Morgan fingerprint density at radius 1 is 1.31 bits per heavy atom. The number of carbonyl (C=O) groups is 3. The van der Waals surface area contributed by atoms with Gasteiger partial charge < -0.3 is 34.6 Å². The van der Waals surface area contributed by atoms with Gasteiger partial charge in [-0.25, -0.2) is 9.59 Å². The molecule has 0 spiro atoms. The summed E-state index contributed by atoms with van der Waals surface area (Å²) >= 11 is 0. The number of Topliss-reactive ketones (excluding diaryl/α,β-unsaturated/α-hetero) is 1. The predicted octanol–water partition coefficient (Wildman–Crippen LogP) is 1.52. The van der Waals surface area contributed by atoms with E-state index in [1.807, 2.05) is 0 Å². The van der Waals surface area contributed by atoms with E-state index in [-0.39, 0.29) is 41.2 Å². The highest BCUT2D eigenvalue weighted by atomic mass is 16.6. The minimum absolute atomic E-state index is 0.0426. The summed E-state index contributed by atoms with van der Waals surface area (Å²) in [5.41, 5.74) is -1.34. The van der Waals surface area contributed by atoms with Crippen molar-refractivity contribution in [2.75, 3.05) is 13.7 Å². The molecule has 0 saturated carbocycles. The Morgan fingerprint density at radius 2 is 2.00 bits per heavy atom. The number of aliphatic carboxylic acids is 1. The fraction of sp³-hybridized carbons (Fsp3) is 0.318. The van der Waals surface area contributed by atoms with Crippen LogP contribution in [-0.2, 0) is 19.1 Å². The zero-order valence-corrected chi connectivity index (χ0v) is 17.5. The van der Waals surface area contributed by atoms with Crippen molar-refractivity contribution < 1.29 is 49.0 Å². The number of hydrogen-bond donors (Lipinski definition) is 4.